The minimum Gasteiger partial charge on any atom is -0.491 e. The van der Waals surface area contributed by atoms with Crippen molar-refractivity contribution in [1.82, 2.24) is 4.90 Å². The average Bonchev–Trinajstić information content (AvgIpc) is 2.57. The molecule has 5 heteroatoms. The van der Waals surface area contributed by atoms with Crippen LogP contribution in [0.15, 0.2) is 24.3 Å². The SMILES string of the molecule is O=C(O)[C@H]1CC[C@H]2COc3ccccc3C(=O)N2C1. The lowest BCUT2D eigenvalue weighted by Gasteiger charge is -2.36. The number of ether oxygens (including phenoxy) is 1. The lowest BCUT2D eigenvalue weighted by Crippen LogP contribution is -2.49. The topological polar surface area (TPSA) is 66.8 Å². The van der Waals surface area contributed by atoms with Crippen LogP contribution >= 0.6 is 0 Å². The fourth-order valence-electron chi connectivity index (χ4n) is 2.76. The molecule has 19 heavy (non-hydrogen) atoms. The molecule has 2 heterocycles. The van der Waals surface area contributed by atoms with E-state index in [2.05, 4.69) is 0 Å². The molecule has 1 saturated heterocycles. The van der Waals surface area contributed by atoms with Gasteiger partial charge in [-0.05, 0) is 25.0 Å². The van der Waals surface area contributed by atoms with Crippen LogP contribution in [0.1, 0.15) is 23.2 Å². The number of nitrogens with zero attached hydrogens (tertiary/aromatic N) is 1. The summed E-state index contributed by atoms with van der Waals surface area (Å²) in [6, 6.07) is 7.11. The van der Waals surface area contributed by atoms with Crippen molar-refractivity contribution in [3.05, 3.63) is 29.8 Å². The molecule has 1 amide bonds. The standard InChI is InChI=1S/C14H15NO4/c16-13-11-3-1-2-4-12(11)19-8-10-6-5-9(14(17)18)7-15(10)13/h1-4,9-10H,5-8H2,(H,17,18)/t9-,10-/m0/s1. The van der Waals surface area contributed by atoms with Crippen LogP contribution in [0, 0.1) is 5.92 Å². The summed E-state index contributed by atoms with van der Waals surface area (Å²) >= 11 is 0. The van der Waals surface area contributed by atoms with Crippen LogP contribution in [-0.4, -0.2) is 41.1 Å². The predicted octanol–water partition coefficient (Wildman–Crippen LogP) is 1.38. The largest absolute Gasteiger partial charge is 0.491 e. The number of carboxylic acid groups (broad SMARTS) is 1. The summed E-state index contributed by atoms with van der Waals surface area (Å²) in [5.74, 6) is -0.826. The molecule has 5 nitrogen and oxygen atoms in total. The van der Waals surface area contributed by atoms with Crippen LogP contribution in [0.5, 0.6) is 5.75 Å². The smallest absolute Gasteiger partial charge is 0.308 e. The molecule has 0 saturated carbocycles. The van der Waals surface area contributed by atoms with Crippen LogP contribution in [0.25, 0.3) is 0 Å². The molecular weight excluding hydrogens is 246 g/mol. The van der Waals surface area contributed by atoms with Gasteiger partial charge in [0.1, 0.15) is 12.4 Å². The average molecular weight is 261 g/mol. The van der Waals surface area contributed by atoms with Gasteiger partial charge < -0.3 is 14.7 Å². The highest BCUT2D eigenvalue weighted by Crippen LogP contribution is 2.30. The summed E-state index contributed by atoms with van der Waals surface area (Å²) in [5.41, 5.74) is 0.524. The Hall–Kier alpha value is -2.04. The molecule has 0 radical (unpaired) electrons. The lowest BCUT2D eigenvalue weighted by atomic mass is 9.92. The highest BCUT2D eigenvalue weighted by molar-refractivity contribution is 5.97. The zero-order valence-electron chi connectivity index (χ0n) is 10.4. The fraction of sp³-hybridized carbons (Fsp3) is 0.429. The first kappa shape index (κ1) is 12.0. The van der Waals surface area contributed by atoms with E-state index in [0.29, 0.717) is 30.8 Å². The van der Waals surface area contributed by atoms with Crippen LogP contribution in [0.3, 0.4) is 0 Å². The molecular formula is C14H15NO4. The van der Waals surface area contributed by atoms with E-state index < -0.39 is 11.9 Å². The van der Waals surface area contributed by atoms with Crippen molar-refractivity contribution < 1.29 is 19.4 Å². The summed E-state index contributed by atoms with van der Waals surface area (Å²) in [6.45, 7) is 0.714. The second-order valence-electron chi connectivity index (χ2n) is 5.03. The molecule has 0 bridgehead atoms. The zero-order chi connectivity index (χ0) is 13.4. The van der Waals surface area contributed by atoms with Crippen LogP contribution in [-0.2, 0) is 4.79 Å². The number of rotatable bonds is 1. The molecule has 0 unspecified atom stereocenters. The third-order valence-electron chi connectivity index (χ3n) is 3.87. The van der Waals surface area contributed by atoms with Gasteiger partial charge in [-0.2, -0.15) is 0 Å². The molecule has 1 fully saturated rings. The van der Waals surface area contributed by atoms with E-state index in [1.165, 1.54) is 0 Å². The second kappa shape index (κ2) is 4.57. The van der Waals surface area contributed by atoms with Crippen molar-refractivity contribution in [3.8, 4) is 5.75 Å². The Morgan fingerprint density at radius 2 is 2.11 bits per heavy atom. The van der Waals surface area contributed by atoms with E-state index in [0.717, 1.165) is 0 Å². The predicted molar refractivity (Wildman–Crippen MR) is 67.1 cm³/mol. The maximum absolute atomic E-state index is 12.5. The number of carbonyl (C=O) groups excluding carboxylic acids is 1. The van der Waals surface area contributed by atoms with Crippen LogP contribution < -0.4 is 4.74 Å². The molecule has 100 valence electrons. The van der Waals surface area contributed by atoms with Crippen molar-refractivity contribution in [2.45, 2.75) is 18.9 Å². The van der Waals surface area contributed by atoms with Crippen molar-refractivity contribution in [3.63, 3.8) is 0 Å². The first-order valence-corrected chi connectivity index (χ1v) is 6.42. The highest BCUT2D eigenvalue weighted by atomic mass is 16.5. The normalized spacial score (nSPS) is 25.9. The minimum atomic E-state index is -0.829. The van der Waals surface area contributed by atoms with Gasteiger partial charge in [-0.1, -0.05) is 12.1 Å². The molecule has 1 aromatic rings. The van der Waals surface area contributed by atoms with Gasteiger partial charge in [0.05, 0.1) is 17.5 Å². The van der Waals surface area contributed by atoms with Gasteiger partial charge in [0.2, 0.25) is 0 Å². The molecule has 0 spiro atoms. The number of fused-ring (bicyclic) bond motifs is 2. The molecule has 2 aliphatic rings. The Morgan fingerprint density at radius 3 is 2.89 bits per heavy atom. The van der Waals surface area contributed by atoms with Gasteiger partial charge in [0, 0.05) is 6.54 Å². The fourth-order valence-corrected chi connectivity index (χ4v) is 2.76. The van der Waals surface area contributed by atoms with Crippen molar-refractivity contribution in [1.29, 1.82) is 0 Å². The summed E-state index contributed by atoms with van der Waals surface area (Å²) in [5, 5.41) is 9.11. The van der Waals surface area contributed by atoms with Gasteiger partial charge in [-0.3, -0.25) is 9.59 Å². The summed E-state index contributed by atoms with van der Waals surface area (Å²) in [4.78, 5) is 25.3. The van der Waals surface area contributed by atoms with Crippen LogP contribution in [0.2, 0.25) is 0 Å². The monoisotopic (exact) mass is 261 g/mol. The maximum atomic E-state index is 12.5. The molecule has 0 aromatic heterocycles. The third kappa shape index (κ3) is 2.05. The number of para-hydroxylation sites is 1. The Balaban J connectivity index is 1.92. The minimum absolute atomic E-state index is 0.0181. The first-order valence-electron chi connectivity index (χ1n) is 6.42. The maximum Gasteiger partial charge on any atom is 0.308 e. The number of carbonyl (C=O) groups is 2. The Labute approximate surface area is 110 Å². The third-order valence-corrected chi connectivity index (χ3v) is 3.87. The van der Waals surface area contributed by atoms with E-state index in [1.54, 1.807) is 23.1 Å². The number of aliphatic carboxylic acids is 1. The van der Waals surface area contributed by atoms with Crippen molar-refractivity contribution >= 4 is 11.9 Å². The van der Waals surface area contributed by atoms with E-state index in [9.17, 15) is 9.59 Å². The lowest BCUT2D eigenvalue weighted by molar-refractivity contribution is -0.143. The molecule has 1 aromatic carbocycles. The molecule has 0 aliphatic carbocycles. The molecule has 2 atom stereocenters. The second-order valence-corrected chi connectivity index (χ2v) is 5.03. The molecule has 2 aliphatic heterocycles. The zero-order valence-corrected chi connectivity index (χ0v) is 10.4. The van der Waals surface area contributed by atoms with E-state index in [-0.39, 0.29) is 18.5 Å². The molecule has 1 N–H and O–H groups in total. The first-order chi connectivity index (χ1) is 9.16. The van der Waals surface area contributed by atoms with Crippen molar-refractivity contribution in [2.75, 3.05) is 13.2 Å². The summed E-state index contributed by atoms with van der Waals surface area (Å²) in [7, 11) is 0. The highest BCUT2D eigenvalue weighted by Gasteiger charge is 2.37. The number of piperidine rings is 1. The quantitative estimate of drug-likeness (QED) is 0.829. The Morgan fingerprint density at radius 1 is 1.32 bits per heavy atom. The van der Waals surface area contributed by atoms with Gasteiger partial charge in [-0.15, -0.1) is 0 Å². The molecule has 3 rings (SSSR count). The van der Waals surface area contributed by atoms with Gasteiger partial charge in [-0.25, -0.2) is 0 Å². The number of hydrogen-bond acceptors (Lipinski definition) is 3. The van der Waals surface area contributed by atoms with E-state index in [1.807, 2.05) is 6.07 Å². The van der Waals surface area contributed by atoms with E-state index in [4.69, 9.17) is 9.84 Å². The Kier molecular flexibility index (Phi) is 2.89. The number of amides is 1. The van der Waals surface area contributed by atoms with Gasteiger partial charge in [0.25, 0.3) is 5.91 Å². The number of carboxylic acids is 1. The van der Waals surface area contributed by atoms with Gasteiger partial charge in [0.15, 0.2) is 0 Å². The van der Waals surface area contributed by atoms with Crippen LogP contribution in [0.4, 0.5) is 0 Å². The number of hydrogen-bond donors (Lipinski definition) is 1. The van der Waals surface area contributed by atoms with Gasteiger partial charge >= 0.3 is 5.97 Å². The number of benzene rings is 1. The summed E-state index contributed by atoms with van der Waals surface area (Å²) < 4.78 is 5.67. The Bertz CT molecular complexity index is 528. The summed E-state index contributed by atoms with van der Waals surface area (Å²) in [6.07, 6.45) is 1.28. The van der Waals surface area contributed by atoms with Crippen molar-refractivity contribution in [2.24, 2.45) is 5.92 Å². The van der Waals surface area contributed by atoms with E-state index >= 15 is 0 Å².